The van der Waals surface area contributed by atoms with Gasteiger partial charge in [0.25, 0.3) is 5.56 Å². The van der Waals surface area contributed by atoms with Crippen LogP contribution in [-0.2, 0) is 20.6 Å². The summed E-state index contributed by atoms with van der Waals surface area (Å²) in [6.45, 7) is 2.66. The van der Waals surface area contributed by atoms with E-state index in [1.54, 1.807) is 16.6 Å². The van der Waals surface area contributed by atoms with Gasteiger partial charge in [0.15, 0.2) is 11.2 Å². The molecule has 0 aromatic carbocycles. The van der Waals surface area contributed by atoms with Gasteiger partial charge >= 0.3 is 5.69 Å². The van der Waals surface area contributed by atoms with Crippen molar-refractivity contribution in [3.05, 3.63) is 20.8 Å². The number of imidazole rings is 1. The Hall–Kier alpha value is -2.89. The lowest BCUT2D eigenvalue weighted by Gasteiger charge is -2.23. The molecule has 0 fully saturated rings. The second-order valence-electron chi connectivity index (χ2n) is 5.24. The Kier molecular flexibility index (Phi) is 3.09. The SMILES string of the molecule is CC1=NN(CCC#N)c2nc3c(c(=O)n(C)c(=O)n3C)n2C1. The molecule has 114 valence electrons. The van der Waals surface area contributed by atoms with Crippen molar-refractivity contribution in [3.63, 3.8) is 0 Å². The molecule has 0 saturated carbocycles. The molecule has 0 spiro atoms. The summed E-state index contributed by atoms with van der Waals surface area (Å²) in [5.41, 5.74) is 0.701. The van der Waals surface area contributed by atoms with Gasteiger partial charge in [0.05, 0.1) is 31.3 Å². The van der Waals surface area contributed by atoms with Crippen LogP contribution in [-0.4, -0.2) is 30.9 Å². The predicted octanol–water partition coefficient (Wildman–Crippen LogP) is -0.457. The second-order valence-corrected chi connectivity index (χ2v) is 5.24. The lowest BCUT2D eigenvalue weighted by atomic mass is 10.3. The highest BCUT2D eigenvalue weighted by atomic mass is 16.2. The molecule has 0 amide bonds. The minimum absolute atomic E-state index is 0.289. The fraction of sp³-hybridized carbons (Fsp3) is 0.462. The average Bonchev–Trinajstić information content (AvgIpc) is 2.87. The molecule has 0 aliphatic carbocycles. The summed E-state index contributed by atoms with van der Waals surface area (Å²) in [7, 11) is 3.03. The van der Waals surface area contributed by atoms with Crippen molar-refractivity contribution in [2.75, 3.05) is 11.6 Å². The van der Waals surface area contributed by atoms with Gasteiger partial charge in [0.2, 0.25) is 5.95 Å². The van der Waals surface area contributed by atoms with Gasteiger partial charge in [0, 0.05) is 14.1 Å². The van der Waals surface area contributed by atoms with Crippen LogP contribution in [0.4, 0.5) is 5.95 Å². The maximum atomic E-state index is 12.4. The largest absolute Gasteiger partial charge is 0.332 e. The van der Waals surface area contributed by atoms with Crippen LogP contribution < -0.4 is 16.3 Å². The molecule has 1 aliphatic heterocycles. The summed E-state index contributed by atoms with van der Waals surface area (Å²) in [6.07, 6.45) is 0.289. The average molecular weight is 301 g/mol. The van der Waals surface area contributed by atoms with Gasteiger partial charge in [-0.2, -0.15) is 15.3 Å². The lowest BCUT2D eigenvalue weighted by molar-refractivity contribution is 0.699. The quantitative estimate of drug-likeness (QED) is 0.747. The minimum atomic E-state index is -0.422. The Morgan fingerprint density at radius 2 is 2.00 bits per heavy atom. The molecule has 9 nitrogen and oxygen atoms in total. The zero-order chi connectivity index (χ0) is 16.0. The van der Waals surface area contributed by atoms with Crippen LogP contribution in [0.5, 0.6) is 0 Å². The van der Waals surface area contributed by atoms with E-state index >= 15 is 0 Å². The number of aryl methyl sites for hydroxylation is 1. The van der Waals surface area contributed by atoms with Crippen LogP contribution in [0, 0.1) is 11.3 Å². The Morgan fingerprint density at radius 3 is 2.68 bits per heavy atom. The zero-order valence-electron chi connectivity index (χ0n) is 12.6. The van der Waals surface area contributed by atoms with Gasteiger partial charge in [-0.25, -0.2) is 9.80 Å². The molecular weight excluding hydrogens is 286 g/mol. The van der Waals surface area contributed by atoms with Gasteiger partial charge in [-0.1, -0.05) is 0 Å². The second kappa shape index (κ2) is 4.84. The number of aromatic nitrogens is 4. The Labute approximate surface area is 125 Å². The smallest absolute Gasteiger partial charge is 0.297 e. The van der Waals surface area contributed by atoms with E-state index in [4.69, 9.17) is 5.26 Å². The van der Waals surface area contributed by atoms with Gasteiger partial charge < -0.3 is 0 Å². The van der Waals surface area contributed by atoms with Crippen molar-refractivity contribution in [1.82, 2.24) is 18.7 Å². The zero-order valence-corrected chi connectivity index (χ0v) is 12.6. The molecule has 3 heterocycles. The standard InChI is InChI=1S/C13H15N7O2/c1-8-7-19-9-10(17(2)13(22)18(3)11(9)21)15-12(19)20(16-8)6-4-5-14/h4,6-7H2,1-3H3. The van der Waals surface area contributed by atoms with E-state index in [1.165, 1.54) is 11.6 Å². The number of hydrogen-bond acceptors (Lipinski definition) is 6. The minimum Gasteiger partial charge on any atom is -0.297 e. The Bertz CT molecular complexity index is 954. The summed E-state index contributed by atoms with van der Waals surface area (Å²) in [6, 6.07) is 2.07. The van der Waals surface area contributed by atoms with E-state index in [0.717, 1.165) is 10.3 Å². The summed E-state index contributed by atoms with van der Waals surface area (Å²) in [5, 5.41) is 14.7. The molecule has 22 heavy (non-hydrogen) atoms. The van der Waals surface area contributed by atoms with E-state index in [1.807, 2.05) is 6.92 Å². The summed E-state index contributed by atoms with van der Waals surface area (Å²) in [4.78, 5) is 28.9. The maximum Gasteiger partial charge on any atom is 0.332 e. The van der Waals surface area contributed by atoms with E-state index in [0.29, 0.717) is 30.2 Å². The number of hydrogen-bond donors (Lipinski definition) is 0. The first-order chi connectivity index (χ1) is 10.5. The molecule has 0 radical (unpaired) electrons. The predicted molar refractivity (Wildman–Crippen MR) is 80.9 cm³/mol. The summed E-state index contributed by atoms with van der Waals surface area (Å²) in [5.74, 6) is 0.481. The van der Waals surface area contributed by atoms with Crippen molar-refractivity contribution in [1.29, 1.82) is 5.26 Å². The molecule has 9 heteroatoms. The molecule has 0 N–H and O–H groups in total. The first kappa shape index (κ1) is 14.1. The van der Waals surface area contributed by atoms with Crippen molar-refractivity contribution < 1.29 is 0 Å². The molecule has 2 aromatic heterocycles. The third-order valence-electron chi connectivity index (χ3n) is 3.67. The van der Waals surface area contributed by atoms with Crippen LogP contribution in [0.3, 0.4) is 0 Å². The maximum absolute atomic E-state index is 12.4. The van der Waals surface area contributed by atoms with Gasteiger partial charge in [-0.15, -0.1) is 0 Å². The van der Waals surface area contributed by atoms with Crippen LogP contribution in [0.25, 0.3) is 11.2 Å². The topological polar surface area (TPSA) is 101 Å². The fourth-order valence-corrected chi connectivity index (χ4v) is 2.60. The highest BCUT2D eigenvalue weighted by Gasteiger charge is 2.25. The summed E-state index contributed by atoms with van der Waals surface area (Å²) < 4.78 is 4.16. The third kappa shape index (κ3) is 1.84. The first-order valence-electron chi connectivity index (χ1n) is 6.80. The number of hydrazone groups is 1. The number of nitrogens with zero attached hydrogens (tertiary/aromatic N) is 7. The van der Waals surface area contributed by atoms with E-state index in [9.17, 15) is 9.59 Å². The Morgan fingerprint density at radius 1 is 1.27 bits per heavy atom. The number of rotatable bonds is 2. The van der Waals surface area contributed by atoms with E-state index in [-0.39, 0.29) is 12.0 Å². The van der Waals surface area contributed by atoms with Gasteiger partial charge in [0.1, 0.15) is 0 Å². The number of anilines is 1. The highest BCUT2D eigenvalue weighted by Crippen LogP contribution is 2.23. The van der Waals surface area contributed by atoms with Crippen molar-refractivity contribution in [2.45, 2.75) is 19.9 Å². The van der Waals surface area contributed by atoms with Crippen LogP contribution in [0.2, 0.25) is 0 Å². The Balaban J connectivity index is 2.33. The van der Waals surface area contributed by atoms with Crippen molar-refractivity contribution in [2.24, 2.45) is 19.2 Å². The van der Waals surface area contributed by atoms with E-state index in [2.05, 4.69) is 16.2 Å². The molecule has 2 aromatic rings. The van der Waals surface area contributed by atoms with Crippen molar-refractivity contribution in [3.8, 4) is 6.07 Å². The fourth-order valence-electron chi connectivity index (χ4n) is 2.60. The van der Waals surface area contributed by atoms with Crippen LogP contribution >= 0.6 is 0 Å². The highest BCUT2D eigenvalue weighted by molar-refractivity contribution is 5.87. The van der Waals surface area contributed by atoms with Gasteiger partial charge in [-0.05, 0) is 6.92 Å². The van der Waals surface area contributed by atoms with E-state index < -0.39 is 5.69 Å². The molecule has 3 rings (SSSR count). The molecule has 0 atom stereocenters. The van der Waals surface area contributed by atoms with Gasteiger partial charge in [-0.3, -0.25) is 18.5 Å². The monoisotopic (exact) mass is 301 g/mol. The van der Waals surface area contributed by atoms with Crippen LogP contribution in [0.15, 0.2) is 14.7 Å². The van der Waals surface area contributed by atoms with Crippen molar-refractivity contribution >= 4 is 22.8 Å². The number of nitriles is 1. The molecular formula is C13H15N7O2. The molecule has 0 unspecified atom stereocenters. The molecule has 1 aliphatic rings. The summed E-state index contributed by atoms with van der Waals surface area (Å²) >= 11 is 0. The molecule has 0 saturated heterocycles. The first-order valence-corrected chi connectivity index (χ1v) is 6.80. The molecule has 0 bridgehead atoms. The lowest BCUT2D eigenvalue weighted by Crippen LogP contribution is -2.38. The normalized spacial score (nSPS) is 13.9. The number of fused-ring (bicyclic) bond motifs is 3. The third-order valence-corrected chi connectivity index (χ3v) is 3.67. The van der Waals surface area contributed by atoms with Crippen LogP contribution in [0.1, 0.15) is 13.3 Å².